The van der Waals surface area contributed by atoms with Crippen LogP contribution in [0.4, 0.5) is 0 Å². The average molecular weight is 225 g/mol. The van der Waals surface area contributed by atoms with Crippen LogP contribution in [-0.4, -0.2) is 60.6 Å². The molecule has 2 aliphatic heterocycles. The number of hydrogen-bond acceptors (Lipinski definition) is 3. The molecule has 94 valence electrons. The summed E-state index contributed by atoms with van der Waals surface area (Å²) in [6.45, 7) is 13.2. The molecule has 0 aromatic carbocycles. The molecule has 0 amide bonds. The lowest BCUT2D eigenvalue weighted by Crippen LogP contribution is -2.58. The summed E-state index contributed by atoms with van der Waals surface area (Å²) in [7, 11) is 0. The van der Waals surface area contributed by atoms with Gasteiger partial charge in [0, 0.05) is 31.2 Å². The van der Waals surface area contributed by atoms with Gasteiger partial charge in [-0.2, -0.15) is 0 Å². The molecule has 2 heterocycles. The number of rotatable bonds is 2. The van der Waals surface area contributed by atoms with Gasteiger partial charge in [0.05, 0.1) is 0 Å². The molecule has 2 atom stereocenters. The first-order valence-corrected chi connectivity index (χ1v) is 6.91. The third-order valence-corrected chi connectivity index (χ3v) is 4.11. The van der Waals surface area contributed by atoms with Crippen molar-refractivity contribution in [1.82, 2.24) is 15.1 Å². The Morgan fingerprint density at radius 1 is 1.06 bits per heavy atom. The van der Waals surface area contributed by atoms with Crippen molar-refractivity contribution in [2.45, 2.75) is 51.7 Å². The second kappa shape index (κ2) is 5.48. The first-order valence-electron chi connectivity index (χ1n) is 6.91. The molecule has 2 saturated heterocycles. The lowest BCUT2D eigenvalue weighted by atomic mass is 10.00. The van der Waals surface area contributed by atoms with Crippen molar-refractivity contribution in [3.05, 3.63) is 0 Å². The van der Waals surface area contributed by atoms with Crippen molar-refractivity contribution < 1.29 is 0 Å². The average Bonchev–Trinajstić information content (AvgIpc) is 2.28. The Morgan fingerprint density at radius 2 is 1.62 bits per heavy atom. The summed E-state index contributed by atoms with van der Waals surface area (Å²) in [5.74, 6) is 0. The zero-order chi connectivity index (χ0) is 11.5. The smallest absolute Gasteiger partial charge is 0.0169 e. The Hall–Kier alpha value is -0.120. The molecule has 0 bridgehead atoms. The van der Waals surface area contributed by atoms with E-state index in [1.54, 1.807) is 0 Å². The molecule has 0 aromatic heterocycles. The van der Waals surface area contributed by atoms with Crippen LogP contribution in [0.25, 0.3) is 0 Å². The lowest BCUT2D eigenvalue weighted by molar-refractivity contribution is 0.0736. The SMILES string of the molecule is CCN1CCC(N2C[C@@H](C)N[C@@H](C)C2)CC1. The minimum absolute atomic E-state index is 0.660. The Balaban J connectivity index is 1.83. The Kier molecular flexibility index (Phi) is 4.22. The predicted octanol–water partition coefficient (Wildman–Crippen LogP) is 1.15. The lowest BCUT2D eigenvalue weighted by Gasteiger charge is -2.44. The largest absolute Gasteiger partial charge is 0.309 e. The van der Waals surface area contributed by atoms with E-state index in [0.29, 0.717) is 12.1 Å². The van der Waals surface area contributed by atoms with E-state index in [9.17, 15) is 0 Å². The number of likely N-dealkylation sites (tertiary alicyclic amines) is 1. The summed E-state index contributed by atoms with van der Waals surface area (Å²) < 4.78 is 0. The first kappa shape index (κ1) is 12.3. The molecule has 0 saturated carbocycles. The third-order valence-electron chi connectivity index (χ3n) is 4.11. The molecule has 0 unspecified atom stereocenters. The van der Waals surface area contributed by atoms with E-state index in [1.807, 2.05) is 0 Å². The normalized spacial score (nSPS) is 35.4. The van der Waals surface area contributed by atoms with Crippen LogP contribution < -0.4 is 5.32 Å². The summed E-state index contributed by atoms with van der Waals surface area (Å²) in [5, 5.41) is 3.62. The van der Waals surface area contributed by atoms with Gasteiger partial charge in [-0.25, -0.2) is 0 Å². The third kappa shape index (κ3) is 2.96. The second-order valence-electron chi connectivity index (χ2n) is 5.59. The fraction of sp³-hybridized carbons (Fsp3) is 1.00. The Morgan fingerprint density at radius 3 is 2.12 bits per heavy atom. The van der Waals surface area contributed by atoms with Gasteiger partial charge in [-0.3, -0.25) is 4.90 Å². The summed E-state index contributed by atoms with van der Waals surface area (Å²) in [6, 6.07) is 2.16. The van der Waals surface area contributed by atoms with Crippen molar-refractivity contribution in [3.63, 3.8) is 0 Å². The van der Waals surface area contributed by atoms with Gasteiger partial charge in [0.15, 0.2) is 0 Å². The van der Waals surface area contributed by atoms with Gasteiger partial charge in [0.1, 0.15) is 0 Å². The van der Waals surface area contributed by atoms with Crippen LogP contribution in [0.1, 0.15) is 33.6 Å². The van der Waals surface area contributed by atoms with E-state index in [4.69, 9.17) is 0 Å². The van der Waals surface area contributed by atoms with Gasteiger partial charge in [-0.15, -0.1) is 0 Å². The molecular weight excluding hydrogens is 198 g/mol. The zero-order valence-corrected chi connectivity index (χ0v) is 11.1. The molecule has 2 rings (SSSR count). The van der Waals surface area contributed by atoms with E-state index in [-0.39, 0.29) is 0 Å². The van der Waals surface area contributed by atoms with Crippen LogP contribution in [0.2, 0.25) is 0 Å². The second-order valence-corrected chi connectivity index (χ2v) is 5.59. The van der Waals surface area contributed by atoms with Crippen LogP contribution in [0, 0.1) is 0 Å². The Labute approximate surface area is 100 Å². The van der Waals surface area contributed by atoms with Gasteiger partial charge in [0.2, 0.25) is 0 Å². The summed E-state index contributed by atoms with van der Waals surface area (Å²) in [6.07, 6.45) is 2.74. The van der Waals surface area contributed by atoms with E-state index in [1.165, 1.54) is 45.6 Å². The van der Waals surface area contributed by atoms with Crippen LogP contribution in [0.5, 0.6) is 0 Å². The molecule has 16 heavy (non-hydrogen) atoms. The van der Waals surface area contributed by atoms with Crippen LogP contribution in [0.3, 0.4) is 0 Å². The molecule has 1 N–H and O–H groups in total. The van der Waals surface area contributed by atoms with Gasteiger partial charge >= 0.3 is 0 Å². The fourth-order valence-electron chi connectivity index (χ4n) is 3.27. The fourth-order valence-corrected chi connectivity index (χ4v) is 3.27. The van der Waals surface area contributed by atoms with Gasteiger partial charge in [-0.05, 0) is 46.3 Å². The number of hydrogen-bond donors (Lipinski definition) is 1. The molecular formula is C13H27N3. The number of piperidine rings is 1. The summed E-state index contributed by atoms with van der Waals surface area (Å²) in [5.41, 5.74) is 0. The molecule has 0 spiro atoms. The topological polar surface area (TPSA) is 18.5 Å². The maximum atomic E-state index is 3.62. The molecule has 3 heteroatoms. The minimum atomic E-state index is 0.660. The van der Waals surface area contributed by atoms with E-state index in [2.05, 4.69) is 35.9 Å². The van der Waals surface area contributed by atoms with E-state index >= 15 is 0 Å². The number of nitrogens with zero attached hydrogens (tertiary/aromatic N) is 2. The highest BCUT2D eigenvalue weighted by Crippen LogP contribution is 2.18. The molecule has 0 radical (unpaired) electrons. The number of piperazine rings is 1. The number of nitrogens with one attached hydrogen (secondary N) is 1. The van der Waals surface area contributed by atoms with Crippen molar-refractivity contribution in [2.24, 2.45) is 0 Å². The molecule has 0 aromatic rings. The molecule has 2 aliphatic rings. The maximum Gasteiger partial charge on any atom is 0.0169 e. The van der Waals surface area contributed by atoms with Crippen molar-refractivity contribution >= 4 is 0 Å². The highest BCUT2D eigenvalue weighted by Gasteiger charge is 2.29. The van der Waals surface area contributed by atoms with Gasteiger partial charge < -0.3 is 10.2 Å². The molecule has 3 nitrogen and oxygen atoms in total. The quantitative estimate of drug-likeness (QED) is 0.760. The molecule has 2 fully saturated rings. The van der Waals surface area contributed by atoms with E-state index < -0.39 is 0 Å². The van der Waals surface area contributed by atoms with Crippen LogP contribution in [0.15, 0.2) is 0 Å². The minimum Gasteiger partial charge on any atom is -0.309 e. The summed E-state index contributed by atoms with van der Waals surface area (Å²) >= 11 is 0. The van der Waals surface area contributed by atoms with Crippen molar-refractivity contribution in [2.75, 3.05) is 32.7 Å². The standard InChI is InChI=1S/C13H27N3/c1-4-15-7-5-13(6-8-15)16-9-11(2)14-12(3)10-16/h11-14H,4-10H2,1-3H3/t11-,12+. The van der Waals surface area contributed by atoms with Crippen LogP contribution in [-0.2, 0) is 0 Å². The monoisotopic (exact) mass is 225 g/mol. The maximum absolute atomic E-state index is 3.62. The van der Waals surface area contributed by atoms with Crippen molar-refractivity contribution in [1.29, 1.82) is 0 Å². The highest BCUT2D eigenvalue weighted by molar-refractivity contribution is 4.87. The predicted molar refractivity (Wildman–Crippen MR) is 68.8 cm³/mol. The first-order chi connectivity index (χ1) is 7.69. The van der Waals surface area contributed by atoms with Crippen molar-refractivity contribution in [3.8, 4) is 0 Å². The van der Waals surface area contributed by atoms with Crippen LogP contribution >= 0.6 is 0 Å². The molecule has 0 aliphatic carbocycles. The van der Waals surface area contributed by atoms with Gasteiger partial charge in [-0.1, -0.05) is 6.92 Å². The summed E-state index contributed by atoms with van der Waals surface area (Å²) in [4.78, 5) is 5.30. The van der Waals surface area contributed by atoms with E-state index in [0.717, 1.165) is 6.04 Å². The zero-order valence-electron chi connectivity index (χ0n) is 11.1. The van der Waals surface area contributed by atoms with Gasteiger partial charge in [0.25, 0.3) is 0 Å². The highest BCUT2D eigenvalue weighted by atomic mass is 15.3. The Bertz CT molecular complexity index is 201.